The van der Waals surface area contributed by atoms with Gasteiger partial charge in [0, 0.05) is 38.8 Å². The largest absolute Gasteiger partial charge is 0.309 e. The van der Waals surface area contributed by atoms with Crippen LogP contribution in [0.3, 0.4) is 0 Å². The third-order valence-corrected chi connectivity index (χ3v) is 9.90. The second kappa shape index (κ2) is 11.8. The molecule has 0 spiro atoms. The van der Waals surface area contributed by atoms with Gasteiger partial charge in [0.2, 0.25) is 0 Å². The van der Waals surface area contributed by atoms with Crippen LogP contribution in [0.15, 0.2) is 188 Å². The van der Waals surface area contributed by atoms with Crippen molar-refractivity contribution in [1.29, 1.82) is 0 Å². The van der Waals surface area contributed by atoms with Crippen molar-refractivity contribution in [3.63, 3.8) is 0 Å². The molecule has 2 aromatic heterocycles. The van der Waals surface area contributed by atoms with Gasteiger partial charge in [-0.3, -0.25) is 0 Å². The van der Waals surface area contributed by atoms with Crippen LogP contribution in [0.4, 0.5) is 0 Å². The SMILES string of the molecule is C=C(C)/C=C\CC1=CC(c2ccc(-n3c4ccccc4c4cc(-c5ccc6c(c5)c5ccccc5n6-c5ccccc5)ccc43)cc2)C=C1. The smallest absolute Gasteiger partial charge is 0.0541 e. The summed E-state index contributed by atoms with van der Waals surface area (Å²) in [5.74, 6) is 0.307. The van der Waals surface area contributed by atoms with E-state index in [0.717, 1.165) is 12.0 Å². The first kappa shape index (κ1) is 29.1. The first-order valence-electron chi connectivity index (χ1n) is 17.1. The van der Waals surface area contributed by atoms with Crippen molar-refractivity contribution >= 4 is 43.6 Å². The highest BCUT2D eigenvalue weighted by Crippen LogP contribution is 2.38. The summed E-state index contributed by atoms with van der Waals surface area (Å²) in [5.41, 5.74) is 13.4. The second-order valence-electron chi connectivity index (χ2n) is 13.2. The van der Waals surface area contributed by atoms with Crippen LogP contribution < -0.4 is 0 Å². The Kier molecular flexibility index (Phi) is 7.02. The van der Waals surface area contributed by atoms with E-state index in [-0.39, 0.29) is 0 Å². The maximum Gasteiger partial charge on any atom is 0.0541 e. The van der Waals surface area contributed by atoms with Gasteiger partial charge in [0.25, 0.3) is 0 Å². The molecule has 2 heteroatoms. The lowest BCUT2D eigenvalue weighted by Gasteiger charge is -2.11. The number of hydrogen-bond donors (Lipinski definition) is 0. The number of nitrogens with zero attached hydrogens (tertiary/aromatic N) is 2. The summed E-state index contributed by atoms with van der Waals surface area (Å²) in [5, 5.41) is 5.06. The molecule has 1 aliphatic rings. The quantitative estimate of drug-likeness (QED) is 0.155. The molecule has 0 radical (unpaired) electrons. The first-order chi connectivity index (χ1) is 24.1. The fourth-order valence-electron chi connectivity index (χ4n) is 7.59. The molecule has 6 aromatic carbocycles. The lowest BCUT2D eigenvalue weighted by atomic mass is 10.00. The van der Waals surface area contributed by atoms with Crippen molar-refractivity contribution in [2.45, 2.75) is 19.3 Å². The van der Waals surface area contributed by atoms with Crippen LogP contribution >= 0.6 is 0 Å². The third kappa shape index (κ3) is 5.05. The lowest BCUT2D eigenvalue weighted by Crippen LogP contribution is -1.95. The molecule has 0 fully saturated rings. The second-order valence-corrected chi connectivity index (χ2v) is 13.2. The summed E-state index contributed by atoms with van der Waals surface area (Å²) in [4.78, 5) is 0. The predicted octanol–water partition coefficient (Wildman–Crippen LogP) is 12.6. The van der Waals surface area contributed by atoms with Gasteiger partial charge in [-0.2, -0.15) is 0 Å². The monoisotopic (exact) mass is 628 g/mol. The maximum atomic E-state index is 3.97. The molecule has 0 N–H and O–H groups in total. The summed E-state index contributed by atoms with van der Waals surface area (Å²) in [6, 6.07) is 51.1. The molecule has 0 aliphatic heterocycles. The van der Waals surface area contributed by atoms with Crippen molar-refractivity contribution in [1.82, 2.24) is 9.13 Å². The molecule has 2 nitrogen and oxygen atoms in total. The van der Waals surface area contributed by atoms with E-state index in [0.29, 0.717) is 5.92 Å². The van der Waals surface area contributed by atoms with Crippen LogP contribution in [0.2, 0.25) is 0 Å². The van der Waals surface area contributed by atoms with E-state index in [1.165, 1.54) is 77.2 Å². The molecule has 0 saturated heterocycles. The number of rotatable bonds is 7. The predicted molar refractivity (Wildman–Crippen MR) is 209 cm³/mol. The van der Waals surface area contributed by atoms with E-state index in [1.807, 2.05) is 6.92 Å². The van der Waals surface area contributed by atoms with Crippen molar-refractivity contribution in [3.8, 4) is 22.5 Å². The molecule has 1 atom stereocenters. The van der Waals surface area contributed by atoms with Crippen LogP contribution in [0, 0.1) is 0 Å². The molecule has 9 rings (SSSR count). The number of benzene rings is 6. The molecule has 1 unspecified atom stereocenters. The average molecular weight is 629 g/mol. The first-order valence-corrected chi connectivity index (χ1v) is 17.1. The van der Waals surface area contributed by atoms with Crippen LogP contribution in [0.5, 0.6) is 0 Å². The van der Waals surface area contributed by atoms with E-state index in [1.54, 1.807) is 0 Å². The molecule has 0 amide bonds. The summed E-state index contributed by atoms with van der Waals surface area (Å²) in [6.07, 6.45) is 12.2. The minimum atomic E-state index is 0.307. The van der Waals surface area contributed by atoms with Crippen LogP contribution in [-0.4, -0.2) is 9.13 Å². The Morgan fingerprint density at radius 2 is 1.12 bits per heavy atom. The Balaban J connectivity index is 1.10. The molecular weight excluding hydrogens is 593 g/mol. The number of allylic oxidation sites excluding steroid dienone is 7. The van der Waals surface area contributed by atoms with Gasteiger partial charge in [-0.1, -0.05) is 121 Å². The summed E-state index contributed by atoms with van der Waals surface area (Å²) in [7, 11) is 0. The number of para-hydroxylation sites is 3. The Labute approximate surface area is 286 Å². The van der Waals surface area contributed by atoms with Gasteiger partial charge in [0.1, 0.15) is 0 Å². The average Bonchev–Trinajstić information content (AvgIpc) is 3.84. The Morgan fingerprint density at radius 3 is 1.71 bits per heavy atom. The molecule has 2 heterocycles. The highest BCUT2D eigenvalue weighted by atomic mass is 15.0. The van der Waals surface area contributed by atoms with Crippen molar-refractivity contribution < 1.29 is 0 Å². The molecule has 8 aromatic rings. The van der Waals surface area contributed by atoms with E-state index in [4.69, 9.17) is 0 Å². The maximum absolute atomic E-state index is 3.97. The summed E-state index contributed by atoms with van der Waals surface area (Å²) >= 11 is 0. The van der Waals surface area contributed by atoms with Gasteiger partial charge in [-0.15, -0.1) is 0 Å². The van der Waals surface area contributed by atoms with Gasteiger partial charge < -0.3 is 9.13 Å². The van der Waals surface area contributed by atoms with Crippen molar-refractivity contribution in [2.24, 2.45) is 0 Å². The van der Waals surface area contributed by atoms with Crippen molar-refractivity contribution in [3.05, 3.63) is 193 Å². The van der Waals surface area contributed by atoms with E-state index < -0.39 is 0 Å². The fraction of sp³-hybridized carbons (Fsp3) is 0.0638. The summed E-state index contributed by atoms with van der Waals surface area (Å²) < 4.78 is 4.78. The Morgan fingerprint density at radius 1 is 0.592 bits per heavy atom. The van der Waals surface area contributed by atoms with Gasteiger partial charge in [-0.25, -0.2) is 0 Å². The Bertz CT molecular complexity index is 2640. The molecule has 49 heavy (non-hydrogen) atoms. The zero-order chi connectivity index (χ0) is 32.9. The normalized spacial score (nSPS) is 14.6. The molecule has 1 aliphatic carbocycles. The highest BCUT2D eigenvalue weighted by molar-refractivity contribution is 6.12. The minimum Gasteiger partial charge on any atom is -0.309 e. The standard InChI is InChI=1S/C47H36N2/c1-32(2)11-10-12-33-19-20-35(29-33)34-21-25-39(26-22-34)49-45-18-9-7-16-41(45)43-31-37(24-28-47(43)49)36-23-27-46-42(30-36)40-15-6-8-17-44(40)48(46)38-13-4-3-5-14-38/h3-11,13-31,35H,1,12H2,2H3/b11-10-. The van der Waals surface area contributed by atoms with E-state index in [9.17, 15) is 0 Å². The minimum absolute atomic E-state index is 0.307. The number of aromatic nitrogens is 2. The fourth-order valence-corrected chi connectivity index (χ4v) is 7.59. The summed E-state index contributed by atoms with van der Waals surface area (Å²) in [6.45, 7) is 6.00. The van der Waals surface area contributed by atoms with Gasteiger partial charge in [-0.05, 0) is 96.3 Å². The lowest BCUT2D eigenvalue weighted by molar-refractivity contribution is 1.08. The highest BCUT2D eigenvalue weighted by Gasteiger charge is 2.17. The molecular formula is C47H36N2. The topological polar surface area (TPSA) is 9.86 Å². The zero-order valence-electron chi connectivity index (χ0n) is 27.6. The van der Waals surface area contributed by atoms with Crippen LogP contribution in [0.1, 0.15) is 24.8 Å². The van der Waals surface area contributed by atoms with Crippen LogP contribution in [0.25, 0.3) is 66.1 Å². The Hall–Kier alpha value is -6.12. The van der Waals surface area contributed by atoms with Gasteiger partial charge in [0.15, 0.2) is 0 Å². The van der Waals surface area contributed by atoms with E-state index in [2.05, 4.69) is 186 Å². The number of fused-ring (bicyclic) bond motifs is 6. The molecule has 0 saturated carbocycles. The van der Waals surface area contributed by atoms with E-state index >= 15 is 0 Å². The molecule has 234 valence electrons. The van der Waals surface area contributed by atoms with Crippen LogP contribution in [-0.2, 0) is 0 Å². The molecule has 0 bridgehead atoms. The number of hydrogen-bond acceptors (Lipinski definition) is 0. The zero-order valence-corrected chi connectivity index (χ0v) is 27.6. The third-order valence-electron chi connectivity index (χ3n) is 9.90. The van der Waals surface area contributed by atoms with Gasteiger partial charge in [0.05, 0.1) is 22.1 Å². The van der Waals surface area contributed by atoms with Crippen molar-refractivity contribution in [2.75, 3.05) is 0 Å². The van der Waals surface area contributed by atoms with Gasteiger partial charge >= 0.3 is 0 Å².